The van der Waals surface area contributed by atoms with Crippen molar-refractivity contribution in [3.05, 3.63) is 46.1 Å². The topological polar surface area (TPSA) is 25.4 Å². The van der Waals surface area contributed by atoms with Crippen molar-refractivity contribution in [1.29, 1.82) is 0 Å². The minimum absolute atomic E-state index is 0.900. The predicted octanol–water partition coefficient (Wildman–Crippen LogP) is 4.24. The van der Waals surface area contributed by atoms with Gasteiger partial charge in [-0.1, -0.05) is 0 Å². The molecule has 0 aliphatic rings. The third-order valence-electron chi connectivity index (χ3n) is 3.12. The first-order valence-corrected chi connectivity index (χ1v) is 6.83. The molecule has 0 amide bonds. The first-order chi connectivity index (χ1) is 9.02. The molecule has 1 aromatic heterocycles. The number of nitrogens with zero attached hydrogens (tertiary/aromatic N) is 2. The molecule has 1 aromatic carbocycles. The van der Waals surface area contributed by atoms with Gasteiger partial charge in [-0.2, -0.15) is 0 Å². The van der Waals surface area contributed by atoms with Crippen LogP contribution in [0.5, 0.6) is 5.75 Å². The highest BCUT2D eigenvalue weighted by Crippen LogP contribution is 2.28. The number of hydrogen-bond acceptors (Lipinski definition) is 3. The molecule has 0 spiro atoms. The van der Waals surface area contributed by atoms with Crippen molar-refractivity contribution in [2.24, 2.45) is 0 Å². The maximum Gasteiger partial charge on any atom is 0.133 e. The van der Waals surface area contributed by atoms with Gasteiger partial charge in [-0.15, -0.1) is 0 Å². The van der Waals surface area contributed by atoms with Crippen LogP contribution in [0.15, 0.2) is 34.8 Å². The first kappa shape index (κ1) is 13.9. The van der Waals surface area contributed by atoms with E-state index in [1.807, 2.05) is 45.2 Å². The minimum atomic E-state index is 0.900. The van der Waals surface area contributed by atoms with Crippen LogP contribution in [-0.2, 0) is 0 Å². The molecule has 3 nitrogen and oxygen atoms in total. The van der Waals surface area contributed by atoms with Crippen molar-refractivity contribution in [3.63, 3.8) is 0 Å². The summed E-state index contributed by atoms with van der Waals surface area (Å²) < 4.78 is 6.30. The number of rotatable bonds is 3. The summed E-state index contributed by atoms with van der Waals surface area (Å²) in [5.41, 5.74) is 3.18. The molecule has 0 aliphatic carbocycles. The van der Waals surface area contributed by atoms with Gasteiger partial charge in [0.05, 0.1) is 12.8 Å². The Morgan fingerprint density at radius 1 is 1.16 bits per heavy atom. The zero-order valence-corrected chi connectivity index (χ0v) is 13.2. The van der Waals surface area contributed by atoms with E-state index in [0.29, 0.717) is 0 Å². The number of aryl methyl sites for hydroxylation is 2. The van der Waals surface area contributed by atoms with Gasteiger partial charge < -0.3 is 9.64 Å². The molecular formula is C15H17BrN2O. The van der Waals surface area contributed by atoms with Crippen LogP contribution in [-0.4, -0.2) is 19.1 Å². The summed E-state index contributed by atoms with van der Waals surface area (Å²) in [6.07, 6.45) is 0. The molecule has 0 fully saturated rings. The van der Waals surface area contributed by atoms with Gasteiger partial charge in [0.1, 0.15) is 11.6 Å². The van der Waals surface area contributed by atoms with Crippen molar-refractivity contribution in [2.45, 2.75) is 13.8 Å². The van der Waals surface area contributed by atoms with Gasteiger partial charge in [0.2, 0.25) is 0 Å². The number of aromatic nitrogens is 1. The molecule has 0 aliphatic heterocycles. The maximum absolute atomic E-state index is 5.28. The SMILES string of the molecule is COc1ccc(N(C)c2ccc(Br)c(C)n2)cc1C. The molecule has 19 heavy (non-hydrogen) atoms. The highest BCUT2D eigenvalue weighted by Gasteiger charge is 2.08. The molecule has 0 saturated carbocycles. The fraction of sp³-hybridized carbons (Fsp3) is 0.267. The summed E-state index contributed by atoms with van der Waals surface area (Å²) in [5.74, 6) is 1.82. The maximum atomic E-state index is 5.28. The molecule has 4 heteroatoms. The van der Waals surface area contributed by atoms with Crippen LogP contribution < -0.4 is 9.64 Å². The Hall–Kier alpha value is -1.55. The molecule has 100 valence electrons. The second-order valence-corrected chi connectivity index (χ2v) is 5.30. The molecule has 0 N–H and O–H groups in total. The van der Waals surface area contributed by atoms with E-state index in [1.54, 1.807) is 7.11 Å². The quantitative estimate of drug-likeness (QED) is 0.845. The lowest BCUT2D eigenvalue weighted by Crippen LogP contribution is -2.11. The van der Waals surface area contributed by atoms with Crippen molar-refractivity contribution < 1.29 is 4.74 Å². The Balaban J connectivity index is 2.35. The fourth-order valence-corrected chi connectivity index (χ4v) is 2.14. The molecule has 0 atom stereocenters. The highest BCUT2D eigenvalue weighted by atomic mass is 79.9. The van der Waals surface area contributed by atoms with Gasteiger partial charge >= 0.3 is 0 Å². The lowest BCUT2D eigenvalue weighted by atomic mass is 10.2. The minimum Gasteiger partial charge on any atom is -0.496 e. The Morgan fingerprint density at radius 3 is 2.47 bits per heavy atom. The van der Waals surface area contributed by atoms with Crippen molar-refractivity contribution in [2.75, 3.05) is 19.1 Å². The smallest absolute Gasteiger partial charge is 0.133 e. The Bertz CT molecular complexity index is 599. The number of pyridine rings is 1. The Labute approximate surface area is 122 Å². The van der Waals surface area contributed by atoms with Crippen LogP contribution >= 0.6 is 15.9 Å². The summed E-state index contributed by atoms with van der Waals surface area (Å²) in [7, 11) is 3.70. The largest absolute Gasteiger partial charge is 0.496 e. The molecule has 0 saturated heterocycles. The molecule has 1 heterocycles. The first-order valence-electron chi connectivity index (χ1n) is 6.04. The van der Waals surface area contributed by atoms with Crippen molar-refractivity contribution in [1.82, 2.24) is 4.98 Å². The third kappa shape index (κ3) is 2.89. The van der Waals surface area contributed by atoms with Crippen LogP contribution in [0.2, 0.25) is 0 Å². The van der Waals surface area contributed by atoms with E-state index in [9.17, 15) is 0 Å². The van der Waals surface area contributed by atoms with Gasteiger partial charge in [0.25, 0.3) is 0 Å². The average Bonchev–Trinajstić information content (AvgIpc) is 2.41. The summed E-state index contributed by atoms with van der Waals surface area (Å²) in [5, 5.41) is 0. The second kappa shape index (κ2) is 5.61. The zero-order valence-electron chi connectivity index (χ0n) is 11.6. The lowest BCUT2D eigenvalue weighted by molar-refractivity contribution is 0.412. The van der Waals surface area contributed by atoms with E-state index >= 15 is 0 Å². The zero-order chi connectivity index (χ0) is 14.0. The van der Waals surface area contributed by atoms with E-state index in [4.69, 9.17) is 4.74 Å². The fourth-order valence-electron chi connectivity index (χ4n) is 1.92. The van der Waals surface area contributed by atoms with Gasteiger partial charge in [-0.25, -0.2) is 4.98 Å². The van der Waals surface area contributed by atoms with Crippen LogP contribution in [0.3, 0.4) is 0 Å². The van der Waals surface area contributed by atoms with Gasteiger partial charge in [-0.05, 0) is 65.7 Å². The van der Waals surface area contributed by atoms with Crippen LogP contribution in [0.25, 0.3) is 0 Å². The average molecular weight is 321 g/mol. The van der Waals surface area contributed by atoms with E-state index in [0.717, 1.165) is 33.0 Å². The Kier molecular flexibility index (Phi) is 4.10. The van der Waals surface area contributed by atoms with Crippen molar-refractivity contribution >= 4 is 27.4 Å². The Morgan fingerprint density at radius 2 is 1.89 bits per heavy atom. The van der Waals surface area contributed by atoms with E-state index < -0.39 is 0 Å². The number of halogens is 1. The van der Waals surface area contributed by atoms with Gasteiger partial charge in [0.15, 0.2) is 0 Å². The number of methoxy groups -OCH3 is 1. The normalized spacial score (nSPS) is 10.4. The van der Waals surface area contributed by atoms with Crippen LogP contribution in [0.4, 0.5) is 11.5 Å². The number of benzene rings is 1. The van der Waals surface area contributed by atoms with E-state index in [1.165, 1.54) is 0 Å². The summed E-state index contributed by atoms with van der Waals surface area (Å²) >= 11 is 3.47. The second-order valence-electron chi connectivity index (χ2n) is 4.45. The predicted molar refractivity (Wildman–Crippen MR) is 82.5 cm³/mol. The molecule has 0 unspecified atom stereocenters. The van der Waals surface area contributed by atoms with Crippen LogP contribution in [0, 0.1) is 13.8 Å². The number of ether oxygens (including phenoxy) is 1. The van der Waals surface area contributed by atoms with E-state index in [2.05, 4.69) is 31.9 Å². The molecule has 0 radical (unpaired) electrons. The molecule has 2 aromatic rings. The summed E-state index contributed by atoms with van der Waals surface area (Å²) in [4.78, 5) is 6.63. The van der Waals surface area contributed by atoms with Gasteiger partial charge in [-0.3, -0.25) is 0 Å². The monoisotopic (exact) mass is 320 g/mol. The van der Waals surface area contributed by atoms with Crippen molar-refractivity contribution in [3.8, 4) is 5.75 Å². The van der Waals surface area contributed by atoms with Gasteiger partial charge in [0, 0.05) is 17.2 Å². The number of anilines is 2. The van der Waals surface area contributed by atoms with Crippen LogP contribution in [0.1, 0.15) is 11.3 Å². The third-order valence-corrected chi connectivity index (χ3v) is 3.95. The lowest BCUT2D eigenvalue weighted by Gasteiger charge is -2.20. The molecule has 2 rings (SSSR count). The molecular weight excluding hydrogens is 304 g/mol. The summed E-state index contributed by atoms with van der Waals surface area (Å²) in [6.45, 7) is 4.02. The van der Waals surface area contributed by atoms with E-state index in [-0.39, 0.29) is 0 Å². The summed E-state index contributed by atoms with van der Waals surface area (Å²) in [6, 6.07) is 10.1. The highest BCUT2D eigenvalue weighted by molar-refractivity contribution is 9.10. The standard InChI is InChI=1S/C15H17BrN2O/c1-10-9-12(5-7-14(10)19-4)18(3)15-8-6-13(16)11(2)17-15/h5-9H,1-4H3. The number of hydrogen-bond donors (Lipinski definition) is 0. The molecule has 0 bridgehead atoms.